The summed E-state index contributed by atoms with van der Waals surface area (Å²) in [7, 11) is -3.58. The molecule has 3 aromatic rings. The molecule has 25 heavy (non-hydrogen) atoms. The topological polar surface area (TPSA) is 63.9 Å². The Hall–Kier alpha value is -1.74. The van der Waals surface area contributed by atoms with Gasteiger partial charge < -0.3 is 9.14 Å². The number of hydrogen-bond donors (Lipinski definition) is 0. The molecule has 0 atom stereocenters. The molecule has 4 rings (SSSR count). The second-order valence-electron chi connectivity index (χ2n) is 5.75. The molecule has 2 aromatic heterocycles. The smallest absolute Gasteiger partial charge is 0.244 e. The molecule has 1 saturated heterocycles. The Morgan fingerprint density at radius 3 is 2.68 bits per heavy atom. The Labute approximate surface area is 154 Å². The lowest BCUT2D eigenvalue weighted by molar-refractivity contribution is 0.0730. The van der Waals surface area contributed by atoms with Gasteiger partial charge in [0.15, 0.2) is 0 Å². The molecule has 0 N–H and O–H groups in total. The molecule has 8 heteroatoms. The third kappa shape index (κ3) is 3.10. The molecule has 0 radical (unpaired) electrons. The number of nitrogens with zero attached hydrogens (tertiary/aromatic N) is 3. The molecule has 3 heterocycles. The van der Waals surface area contributed by atoms with Gasteiger partial charge in [0.2, 0.25) is 10.0 Å². The van der Waals surface area contributed by atoms with Crippen molar-refractivity contribution in [3.63, 3.8) is 0 Å². The van der Waals surface area contributed by atoms with Crippen LogP contribution in [0.1, 0.15) is 0 Å². The maximum Gasteiger partial charge on any atom is 0.244 e. The maximum absolute atomic E-state index is 13.0. The predicted octanol–water partition coefficient (Wildman–Crippen LogP) is 2.78. The summed E-state index contributed by atoms with van der Waals surface area (Å²) in [5.41, 5.74) is 2.31. The van der Waals surface area contributed by atoms with Crippen molar-refractivity contribution in [3.05, 3.63) is 53.3 Å². The average Bonchev–Trinajstić information content (AvgIpc) is 3.07. The number of benzene rings is 1. The van der Waals surface area contributed by atoms with E-state index < -0.39 is 10.0 Å². The molecule has 1 aliphatic heterocycles. The first-order valence-electron chi connectivity index (χ1n) is 7.87. The molecule has 0 amide bonds. The fourth-order valence-corrected chi connectivity index (χ4v) is 5.22. The van der Waals surface area contributed by atoms with E-state index in [1.807, 2.05) is 41.1 Å². The summed E-state index contributed by atoms with van der Waals surface area (Å²) in [6, 6.07) is 11.1. The lowest BCUT2D eigenvalue weighted by Gasteiger charge is -2.26. The first-order valence-corrected chi connectivity index (χ1v) is 10.1. The highest BCUT2D eigenvalue weighted by Gasteiger charge is 2.28. The van der Waals surface area contributed by atoms with Crippen LogP contribution in [0, 0.1) is 0 Å². The molecule has 6 nitrogen and oxygen atoms in total. The van der Waals surface area contributed by atoms with Crippen LogP contribution in [0.3, 0.4) is 0 Å². The van der Waals surface area contributed by atoms with E-state index in [0.717, 1.165) is 16.9 Å². The highest BCUT2D eigenvalue weighted by molar-refractivity contribution is 9.10. The van der Waals surface area contributed by atoms with E-state index in [-0.39, 0.29) is 4.90 Å². The van der Waals surface area contributed by atoms with Crippen LogP contribution in [0.5, 0.6) is 0 Å². The highest BCUT2D eigenvalue weighted by atomic mass is 79.9. The molecule has 0 spiro atoms. The molecular formula is C17H16BrN3O3S. The molecular weight excluding hydrogens is 406 g/mol. The summed E-state index contributed by atoms with van der Waals surface area (Å²) >= 11 is 3.38. The number of ether oxygens (including phenoxy) is 1. The highest BCUT2D eigenvalue weighted by Crippen LogP contribution is 2.30. The van der Waals surface area contributed by atoms with E-state index in [2.05, 4.69) is 20.9 Å². The van der Waals surface area contributed by atoms with E-state index in [0.29, 0.717) is 30.8 Å². The minimum atomic E-state index is -3.58. The van der Waals surface area contributed by atoms with Crippen LogP contribution < -0.4 is 0 Å². The largest absolute Gasteiger partial charge is 0.379 e. The van der Waals surface area contributed by atoms with Crippen molar-refractivity contribution >= 4 is 31.6 Å². The Balaban J connectivity index is 1.78. The maximum atomic E-state index is 13.0. The normalized spacial score (nSPS) is 16.4. The van der Waals surface area contributed by atoms with Crippen LogP contribution in [0.2, 0.25) is 0 Å². The number of aromatic nitrogens is 2. The van der Waals surface area contributed by atoms with Crippen molar-refractivity contribution in [2.24, 2.45) is 0 Å². The second-order valence-corrected chi connectivity index (χ2v) is 8.51. The zero-order valence-electron chi connectivity index (χ0n) is 13.3. The number of halogens is 1. The first-order chi connectivity index (χ1) is 12.1. The number of rotatable bonds is 3. The quantitative estimate of drug-likeness (QED) is 0.651. The molecule has 0 aliphatic carbocycles. The van der Waals surface area contributed by atoms with Crippen LogP contribution in [-0.2, 0) is 14.8 Å². The number of morpholine rings is 1. The predicted molar refractivity (Wildman–Crippen MR) is 97.9 cm³/mol. The van der Waals surface area contributed by atoms with Gasteiger partial charge in [-0.1, -0.05) is 12.1 Å². The molecule has 1 fully saturated rings. The average molecular weight is 422 g/mol. The van der Waals surface area contributed by atoms with Crippen LogP contribution in [0.15, 0.2) is 58.2 Å². The van der Waals surface area contributed by atoms with E-state index in [1.54, 1.807) is 12.1 Å². The van der Waals surface area contributed by atoms with Crippen LogP contribution >= 0.6 is 15.9 Å². The molecule has 0 bridgehead atoms. The van der Waals surface area contributed by atoms with Gasteiger partial charge in [-0.05, 0) is 40.2 Å². The van der Waals surface area contributed by atoms with E-state index >= 15 is 0 Å². The van der Waals surface area contributed by atoms with Crippen molar-refractivity contribution in [2.75, 3.05) is 26.3 Å². The monoisotopic (exact) mass is 421 g/mol. The van der Waals surface area contributed by atoms with Crippen molar-refractivity contribution < 1.29 is 13.2 Å². The first kappa shape index (κ1) is 16.7. The Bertz CT molecular complexity index is 994. The van der Waals surface area contributed by atoms with Gasteiger partial charge >= 0.3 is 0 Å². The standard InChI is InChI=1S/C17H16BrN3O3S/c18-14-5-4-13(15-12-20-6-2-1-3-17(20)19-15)11-16(14)25(22,23)21-7-9-24-10-8-21/h1-6,11-12H,7-10H2. The van der Waals surface area contributed by atoms with Gasteiger partial charge in [0, 0.05) is 35.5 Å². The summed E-state index contributed by atoms with van der Waals surface area (Å²) in [5, 5.41) is 0. The molecule has 1 aliphatic rings. The number of sulfonamides is 1. The molecule has 0 saturated carbocycles. The van der Waals surface area contributed by atoms with Gasteiger partial charge in [-0.25, -0.2) is 13.4 Å². The molecule has 130 valence electrons. The lowest BCUT2D eigenvalue weighted by atomic mass is 10.2. The van der Waals surface area contributed by atoms with Crippen molar-refractivity contribution in [1.29, 1.82) is 0 Å². The third-order valence-electron chi connectivity index (χ3n) is 4.18. The van der Waals surface area contributed by atoms with Gasteiger partial charge in [-0.3, -0.25) is 0 Å². The van der Waals surface area contributed by atoms with Gasteiger partial charge in [0.1, 0.15) is 5.65 Å². The van der Waals surface area contributed by atoms with Crippen LogP contribution in [-0.4, -0.2) is 48.4 Å². The fourth-order valence-electron chi connectivity index (χ4n) is 2.86. The summed E-state index contributed by atoms with van der Waals surface area (Å²) < 4.78 is 35.1. The summed E-state index contributed by atoms with van der Waals surface area (Å²) in [6.07, 6.45) is 3.81. The minimum Gasteiger partial charge on any atom is -0.379 e. The van der Waals surface area contributed by atoms with Crippen molar-refractivity contribution in [1.82, 2.24) is 13.7 Å². The summed E-state index contributed by atoms with van der Waals surface area (Å²) in [5.74, 6) is 0. The number of fused-ring (bicyclic) bond motifs is 1. The summed E-state index contributed by atoms with van der Waals surface area (Å²) in [6.45, 7) is 1.58. The van der Waals surface area contributed by atoms with Gasteiger partial charge in [-0.2, -0.15) is 4.31 Å². The van der Waals surface area contributed by atoms with Crippen LogP contribution in [0.4, 0.5) is 0 Å². The SMILES string of the molecule is O=S(=O)(c1cc(-c2cn3ccccc3n2)ccc1Br)N1CCOCC1. The summed E-state index contributed by atoms with van der Waals surface area (Å²) in [4.78, 5) is 4.82. The molecule has 1 aromatic carbocycles. The van der Waals surface area contributed by atoms with E-state index in [9.17, 15) is 8.42 Å². The fraction of sp³-hybridized carbons (Fsp3) is 0.235. The minimum absolute atomic E-state index is 0.254. The van der Waals surface area contributed by atoms with Crippen LogP contribution in [0.25, 0.3) is 16.9 Å². The van der Waals surface area contributed by atoms with Gasteiger partial charge in [-0.15, -0.1) is 0 Å². The van der Waals surface area contributed by atoms with Gasteiger partial charge in [0.05, 0.1) is 23.8 Å². The molecule has 0 unspecified atom stereocenters. The Morgan fingerprint density at radius 2 is 1.92 bits per heavy atom. The zero-order valence-corrected chi connectivity index (χ0v) is 15.7. The van der Waals surface area contributed by atoms with E-state index in [4.69, 9.17) is 4.74 Å². The second kappa shape index (κ2) is 6.53. The lowest BCUT2D eigenvalue weighted by Crippen LogP contribution is -2.40. The van der Waals surface area contributed by atoms with Crippen molar-refractivity contribution in [3.8, 4) is 11.3 Å². The van der Waals surface area contributed by atoms with E-state index in [1.165, 1.54) is 4.31 Å². The Morgan fingerprint density at radius 1 is 1.12 bits per heavy atom. The number of imidazole rings is 1. The number of hydrogen-bond acceptors (Lipinski definition) is 4. The zero-order chi connectivity index (χ0) is 17.4. The van der Waals surface area contributed by atoms with Crippen molar-refractivity contribution in [2.45, 2.75) is 4.90 Å². The third-order valence-corrected chi connectivity index (χ3v) is 7.07. The van der Waals surface area contributed by atoms with Gasteiger partial charge in [0.25, 0.3) is 0 Å². The number of pyridine rings is 1. The Kier molecular flexibility index (Phi) is 4.36.